The van der Waals surface area contributed by atoms with Crippen molar-refractivity contribution in [3.05, 3.63) is 29.8 Å². The number of fused-ring (bicyclic) bond motifs is 1. The van der Waals surface area contributed by atoms with Crippen molar-refractivity contribution in [2.24, 2.45) is 11.8 Å². The molecule has 0 radical (unpaired) electrons. The molecule has 102 valence electrons. The van der Waals surface area contributed by atoms with Gasteiger partial charge in [0, 0.05) is 18.7 Å². The van der Waals surface area contributed by atoms with Gasteiger partial charge in [0.05, 0.1) is 0 Å². The summed E-state index contributed by atoms with van der Waals surface area (Å²) in [6.45, 7) is 1.37. The SMILES string of the molecule is O=C(O)C1C2CCCC2CN1Cc1ccccc1O. The van der Waals surface area contributed by atoms with Gasteiger partial charge in [-0.25, -0.2) is 0 Å². The Morgan fingerprint density at radius 1 is 1.32 bits per heavy atom. The van der Waals surface area contributed by atoms with E-state index in [1.165, 1.54) is 0 Å². The molecular weight excluding hydrogens is 242 g/mol. The molecule has 3 unspecified atom stereocenters. The maximum Gasteiger partial charge on any atom is 0.321 e. The van der Waals surface area contributed by atoms with Gasteiger partial charge in [0.25, 0.3) is 0 Å². The summed E-state index contributed by atoms with van der Waals surface area (Å²) in [7, 11) is 0. The molecular formula is C15H19NO3. The highest BCUT2D eigenvalue weighted by molar-refractivity contribution is 5.74. The van der Waals surface area contributed by atoms with Crippen LogP contribution in [0, 0.1) is 11.8 Å². The minimum atomic E-state index is -0.718. The Morgan fingerprint density at radius 3 is 2.84 bits per heavy atom. The van der Waals surface area contributed by atoms with Gasteiger partial charge in [-0.1, -0.05) is 24.6 Å². The fourth-order valence-electron chi connectivity index (χ4n) is 3.76. The number of aliphatic carboxylic acids is 1. The Bertz CT molecular complexity index is 488. The van der Waals surface area contributed by atoms with Gasteiger partial charge in [0.1, 0.15) is 11.8 Å². The van der Waals surface area contributed by atoms with E-state index in [-0.39, 0.29) is 11.8 Å². The van der Waals surface area contributed by atoms with Gasteiger partial charge in [-0.2, -0.15) is 0 Å². The van der Waals surface area contributed by atoms with Gasteiger partial charge in [-0.3, -0.25) is 9.69 Å². The molecule has 1 aromatic carbocycles. The van der Waals surface area contributed by atoms with Crippen molar-refractivity contribution in [1.29, 1.82) is 0 Å². The number of rotatable bonds is 3. The third kappa shape index (κ3) is 2.21. The molecule has 0 amide bonds. The number of phenols is 1. The first-order valence-corrected chi connectivity index (χ1v) is 6.90. The van der Waals surface area contributed by atoms with Crippen LogP contribution in [0.5, 0.6) is 5.75 Å². The van der Waals surface area contributed by atoms with Crippen molar-refractivity contribution in [3.63, 3.8) is 0 Å². The van der Waals surface area contributed by atoms with E-state index in [0.717, 1.165) is 31.4 Å². The van der Waals surface area contributed by atoms with Crippen LogP contribution < -0.4 is 0 Å². The van der Waals surface area contributed by atoms with E-state index in [2.05, 4.69) is 0 Å². The minimum absolute atomic E-state index is 0.253. The van der Waals surface area contributed by atoms with E-state index in [1.807, 2.05) is 17.0 Å². The van der Waals surface area contributed by atoms with Gasteiger partial charge in [-0.05, 0) is 30.7 Å². The molecule has 1 saturated carbocycles. The fraction of sp³-hybridized carbons (Fsp3) is 0.533. The number of phenolic OH excluding ortho intramolecular Hbond substituents is 1. The fourth-order valence-corrected chi connectivity index (χ4v) is 3.76. The van der Waals surface area contributed by atoms with Crippen LogP contribution in [0.25, 0.3) is 0 Å². The second kappa shape index (κ2) is 4.85. The summed E-state index contributed by atoms with van der Waals surface area (Å²) < 4.78 is 0. The van der Waals surface area contributed by atoms with Gasteiger partial charge in [0.2, 0.25) is 0 Å². The van der Waals surface area contributed by atoms with Gasteiger partial charge in [0.15, 0.2) is 0 Å². The molecule has 4 nitrogen and oxygen atoms in total. The molecule has 3 atom stereocenters. The molecule has 1 heterocycles. The number of carbonyl (C=O) groups is 1. The number of likely N-dealkylation sites (tertiary alicyclic amines) is 1. The van der Waals surface area contributed by atoms with E-state index in [1.54, 1.807) is 12.1 Å². The van der Waals surface area contributed by atoms with E-state index in [0.29, 0.717) is 18.4 Å². The maximum absolute atomic E-state index is 11.5. The van der Waals surface area contributed by atoms with Crippen molar-refractivity contribution < 1.29 is 15.0 Å². The van der Waals surface area contributed by atoms with Crippen LogP contribution in [0.4, 0.5) is 0 Å². The summed E-state index contributed by atoms with van der Waals surface area (Å²) in [5.74, 6) is 0.351. The average molecular weight is 261 g/mol. The molecule has 1 aromatic rings. The van der Waals surface area contributed by atoms with Crippen LogP contribution in [-0.2, 0) is 11.3 Å². The highest BCUT2D eigenvalue weighted by Crippen LogP contribution is 2.43. The molecule has 1 aliphatic heterocycles. The normalized spacial score (nSPS) is 30.4. The number of benzene rings is 1. The summed E-state index contributed by atoms with van der Waals surface area (Å²) in [5, 5.41) is 19.3. The number of nitrogens with zero attached hydrogens (tertiary/aromatic N) is 1. The van der Waals surface area contributed by atoms with Crippen molar-refractivity contribution in [3.8, 4) is 5.75 Å². The smallest absolute Gasteiger partial charge is 0.321 e. The summed E-state index contributed by atoms with van der Waals surface area (Å²) >= 11 is 0. The van der Waals surface area contributed by atoms with Crippen LogP contribution in [0.2, 0.25) is 0 Å². The largest absolute Gasteiger partial charge is 0.508 e. The highest BCUT2D eigenvalue weighted by atomic mass is 16.4. The lowest BCUT2D eigenvalue weighted by Crippen LogP contribution is -2.39. The van der Waals surface area contributed by atoms with Crippen molar-refractivity contribution >= 4 is 5.97 Å². The minimum Gasteiger partial charge on any atom is -0.508 e. The van der Waals surface area contributed by atoms with Crippen LogP contribution in [-0.4, -0.2) is 33.7 Å². The van der Waals surface area contributed by atoms with E-state index in [9.17, 15) is 15.0 Å². The predicted octanol–water partition coefficient (Wildman–Crippen LogP) is 2.08. The summed E-state index contributed by atoms with van der Waals surface area (Å²) in [4.78, 5) is 13.5. The number of para-hydroxylation sites is 1. The van der Waals surface area contributed by atoms with E-state index < -0.39 is 5.97 Å². The van der Waals surface area contributed by atoms with Crippen LogP contribution in [0.15, 0.2) is 24.3 Å². The first-order valence-electron chi connectivity index (χ1n) is 6.90. The molecule has 0 aromatic heterocycles. The second-order valence-electron chi connectivity index (χ2n) is 5.70. The molecule has 4 heteroatoms. The number of hydrogen-bond donors (Lipinski definition) is 2. The molecule has 2 aliphatic rings. The zero-order valence-corrected chi connectivity index (χ0v) is 10.8. The van der Waals surface area contributed by atoms with Crippen LogP contribution in [0.1, 0.15) is 24.8 Å². The monoisotopic (exact) mass is 261 g/mol. The molecule has 1 aliphatic carbocycles. The summed E-state index contributed by atoms with van der Waals surface area (Å²) in [6, 6.07) is 6.80. The third-order valence-corrected chi connectivity index (χ3v) is 4.60. The van der Waals surface area contributed by atoms with Gasteiger partial charge >= 0.3 is 5.97 Å². The molecule has 19 heavy (non-hydrogen) atoms. The van der Waals surface area contributed by atoms with Gasteiger partial charge < -0.3 is 10.2 Å². The first-order chi connectivity index (χ1) is 9.16. The number of aromatic hydroxyl groups is 1. The van der Waals surface area contributed by atoms with Crippen molar-refractivity contribution in [2.45, 2.75) is 31.8 Å². The topological polar surface area (TPSA) is 60.8 Å². The lowest BCUT2D eigenvalue weighted by molar-refractivity contribution is -0.143. The summed E-state index contributed by atoms with van der Waals surface area (Å²) in [5.41, 5.74) is 0.814. The molecule has 0 bridgehead atoms. The standard InChI is InChI=1S/C15H19NO3/c17-13-7-2-1-4-11(13)9-16-8-10-5-3-6-12(10)14(16)15(18)19/h1-2,4,7,10,12,14,17H,3,5-6,8-9H2,(H,18,19). The Balaban J connectivity index is 1.81. The summed E-state index contributed by atoms with van der Waals surface area (Å²) in [6.07, 6.45) is 3.33. The molecule has 2 N–H and O–H groups in total. The van der Waals surface area contributed by atoms with Crippen LogP contribution in [0.3, 0.4) is 0 Å². The van der Waals surface area contributed by atoms with Crippen LogP contribution >= 0.6 is 0 Å². The second-order valence-corrected chi connectivity index (χ2v) is 5.70. The molecule has 1 saturated heterocycles. The predicted molar refractivity (Wildman–Crippen MR) is 70.8 cm³/mol. The van der Waals surface area contributed by atoms with E-state index in [4.69, 9.17) is 0 Å². The number of hydrogen-bond acceptors (Lipinski definition) is 3. The average Bonchev–Trinajstić information content (AvgIpc) is 2.91. The Hall–Kier alpha value is -1.55. The first kappa shape index (κ1) is 12.5. The Labute approximate surface area is 112 Å². The lowest BCUT2D eigenvalue weighted by atomic mass is 9.94. The van der Waals surface area contributed by atoms with Crippen molar-refractivity contribution in [2.75, 3.05) is 6.54 Å². The van der Waals surface area contributed by atoms with Crippen molar-refractivity contribution in [1.82, 2.24) is 4.90 Å². The highest BCUT2D eigenvalue weighted by Gasteiger charge is 2.47. The number of carboxylic acids is 1. The number of carboxylic acid groups (broad SMARTS) is 1. The van der Waals surface area contributed by atoms with E-state index >= 15 is 0 Å². The van der Waals surface area contributed by atoms with Gasteiger partial charge in [-0.15, -0.1) is 0 Å². The maximum atomic E-state index is 11.5. The zero-order chi connectivity index (χ0) is 13.4. The Kier molecular flexibility index (Phi) is 3.19. The molecule has 2 fully saturated rings. The zero-order valence-electron chi connectivity index (χ0n) is 10.8. The Morgan fingerprint density at radius 2 is 2.11 bits per heavy atom. The molecule has 0 spiro atoms. The third-order valence-electron chi connectivity index (χ3n) is 4.60. The quantitative estimate of drug-likeness (QED) is 0.874. The lowest BCUT2D eigenvalue weighted by Gasteiger charge is -2.24. The molecule has 3 rings (SSSR count).